The lowest BCUT2D eigenvalue weighted by molar-refractivity contribution is 0.00429. The third-order valence-electron chi connectivity index (χ3n) is 2.60. The Morgan fingerprint density at radius 1 is 1.31 bits per heavy atom. The highest BCUT2D eigenvalue weighted by Gasteiger charge is 2.22. The summed E-state index contributed by atoms with van der Waals surface area (Å²) in [5.74, 6) is 0. The smallest absolute Gasteiger partial charge is 0.0637 e. The van der Waals surface area contributed by atoms with Crippen LogP contribution in [0.1, 0.15) is 13.8 Å². The Kier molecular flexibility index (Phi) is 4.16. The molecule has 0 saturated carbocycles. The van der Waals surface area contributed by atoms with Crippen LogP contribution in [0.25, 0.3) is 0 Å². The van der Waals surface area contributed by atoms with Gasteiger partial charge in [0.2, 0.25) is 0 Å². The molecule has 0 spiro atoms. The maximum atomic E-state index is 5.63. The molecule has 1 aliphatic rings. The number of likely N-dealkylation sites (N-methyl/N-ethyl adjacent to an activating group) is 2. The van der Waals surface area contributed by atoms with Crippen LogP contribution >= 0.6 is 0 Å². The van der Waals surface area contributed by atoms with Gasteiger partial charge in [-0.2, -0.15) is 0 Å². The largest absolute Gasteiger partial charge is 0.377 e. The van der Waals surface area contributed by atoms with E-state index >= 15 is 0 Å². The molecular formula is C10H22N2O. The number of piperazine rings is 1. The minimum absolute atomic E-state index is 0.348. The number of hydrogen-bond donors (Lipinski definition) is 0. The van der Waals surface area contributed by atoms with E-state index in [0.29, 0.717) is 12.1 Å². The van der Waals surface area contributed by atoms with Crippen molar-refractivity contribution < 1.29 is 4.74 Å². The Morgan fingerprint density at radius 2 is 2.00 bits per heavy atom. The SMILES string of the molecule is CC(C)OC[C@H]1CN(C)CCN1C. The Labute approximate surface area is 81.7 Å². The average molecular weight is 186 g/mol. The van der Waals surface area contributed by atoms with E-state index in [2.05, 4.69) is 37.7 Å². The molecule has 1 rings (SSSR count). The first-order valence-corrected chi connectivity index (χ1v) is 5.10. The fraction of sp³-hybridized carbons (Fsp3) is 1.00. The molecule has 1 aliphatic heterocycles. The van der Waals surface area contributed by atoms with Crippen LogP contribution in [0, 0.1) is 0 Å². The van der Waals surface area contributed by atoms with Gasteiger partial charge in [-0.25, -0.2) is 0 Å². The van der Waals surface area contributed by atoms with E-state index in [1.54, 1.807) is 0 Å². The highest BCUT2D eigenvalue weighted by atomic mass is 16.5. The van der Waals surface area contributed by atoms with Crippen LogP contribution in [0.3, 0.4) is 0 Å². The first kappa shape index (κ1) is 11.0. The molecule has 0 aromatic heterocycles. The van der Waals surface area contributed by atoms with Gasteiger partial charge in [0.25, 0.3) is 0 Å². The molecule has 1 fully saturated rings. The lowest BCUT2D eigenvalue weighted by atomic mass is 10.2. The Hall–Kier alpha value is -0.120. The maximum Gasteiger partial charge on any atom is 0.0637 e. The topological polar surface area (TPSA) is 15.7 Å². The monoisotopic (exact) mass is 186 g/mol. The zero-order valence-electron chi connectivity index (χ0n) is 9.29. The highest BCUT2D eigenvalue weighted by Crippen LogP contribution is 2.06. The molecule has 0 bridgehead atoms. The van der Waals surface area contributed by atoms with Gasteiger partial charge in [0.1, 0.15) is 0 Å². The van der Waals surface area contributed by atoms with E-state index < -0.39 is 0 Å². The van der Waals surface area contributed by atoms with E-state index in [-0.39, 0.29) is 0 Å². The van der Waals surface area contributed by atoms with Crippen LogP contribution in [-0.4, -0.2) is 62.3 Å². The molecule has 1 saturated heterocycles. The van der Waals surface area contributed by atoms with Gasteiger partial charge >= 0.3 is 0 Å². The molecule has 3 nitrogen and oxygen atoms in total. The van der Waals surface area contributed by atoms with Crippen molar-refractivity contribution in [2.24, 2.45) is 0 Å². The van der Waals surface area contributed by atoms with E-state index in [1.165, 1.54) is 6.54 Å². The van der Waals surface area contributed by atoms with Crippen LogP contribution in [0.4, 0.5) is 0 Å². The molecule has 0 aliphatic carbocycles. The predicted octanol–water partition coefficient (Wildman–Crippen LogP) is 0.657. The third kappa shape index (κ3) is 3.63. The summed E-state index contributed by atoms with van der Waals surface area (Å²) in [6.45, 7) is 8.50. The van der Waals surface area contributed by atoms with Gasteiger partial charge in [-0.15, -0.1) is 0 Å². The van der Waals surface area contributed by atoms with Gasteiger partial charge < -0.3 is 9.64 Å². The summed E-state index contributed by atoms with van der Waals surface area (Å²) in [6.07, 6.45) is 0.348. The average Bonchev–Trinajstić information content (AvgIpc) is 2.06. The minimum Gasteiger partial charge on any atom is -0.377 e. The van der Waals surface area contributed by atoms with E-state index in [9.17, 15) is 0 Å². The van der Waals surface area contributed by atoms with Crippen molar-refractivity contribution >= 4 is 0 Å². The quantitative estimate of drug-likeness (QED) is 0.644. The molecule has 0 aromatic rings. The standard InChI is InChI=1S/C10H22N2O/c1-9(2)13-8-10-7-11(3)5-6-12(10)4/h9-10H,5-8H2,1-4H3/t10-/m1/s1. The Morgan fingerprint density at radius 3 is 2.62 bits per heavy atom. The maximum absolute atomic E-state index is 5.63. The first-order chi connectivity index (χ1) is 6.09. The van der Waals surface area contributed by atoms with Gasteiger partial charge in [0, 0.05) is 25.7 Å². The normalized spacial score (nSPS) is 27.0. The molecule has 0 N–H and O–H groups in total. The molecule has 0 unspecified atom stereocenters. The van der Waals surface area contributed by atoms with Crippen molar-refractivity contribution in [2.45, 2.75) is 26.0 Å². The summed E-state index contributed by atoms with van der Waals surface area (Å²) in [7, 11) is 4.36. The summed E-state index contributed by atoms with van der Waals surface area (Å²) in [5.41, 5.74) is 0. The molecule has 0 aromatic carbocycles. The summed E-state index contributed by atoms with van der Waals surface area (Å²) < 4.78 is 5.63. The summed E-state index contributed by atoms with van der Waals surface area (Å²) in [5, 5.41) is 0. The lowest BCUT2D eigenvalue weighted by Gasteiger charge is -2.37. The molecule has 3 heteroatoms. The summed E-state index contributed by atoms with van der Waals surface area (Å²) in [4.78, 5) is 4.76. The molecule has 0 radical (unpaired) electrons. The Balaban J connectivity index is 2.29. The zero-order chi connectivity index (χ0) is 9.84. The summed E-state index contributed by atoms with van der Waals surface area (Å²) >= 11 is 0. The minimum atomic E-state index is 0.348. The van der Waals surface area contributed by atoms with Gasteiger partial charge in [-0.3, -0.25) is 4.90 Å². The molecule has 1 atom stereocenters. The molecular weight excluding hydrogens is 164 g/mol. The molecule has 0 amide bonds. The van der Waals surface area contributed by atoms with Crippen molar-refractivity contribution in [1.82, 2.24) is 9.80 Å². The van der Waals surface area contributed by atoms with E-state index in [4.69, 9.17) is 4.74 Å². The van der Waals surface area contributed by atoms with Gasteiger partial charge in [-0.05, 0) is 27.9 Å². The van der Waals surface area contributed by atoms with Crippen LogP contribution in [0.5, 0.6) is 0 Å². The molecule has 1 heterocycles. The summed E-state index contributed by atoms with van der Waals surface area (Å²) in [6, 6.07) is 0.571. The van der Waals surface area contributed by atoms with Crippen molar-refractivity contribution in [3.63, 3.8) is 0 Å². The first-order valence-electron chi connectivity index (χ1n) is 5.10. The predicted molar refractivity (Wildman–Crippen MR) is 55.0 cm³/mol. The van der Waals surface area contributed by atoms with Crippen molar-refractivity contribution in [3.8, 4) is 0 Å². The number of rotatable bonds is 3. The fourth-order valence-electron chi connectivity index (χ4n) is 1.58. The fourth-order valence-corrected chi connectivity index (χ4v) is 1.58. The van der Waals surface area contributed by atoms with Crippen LogP contribution in [0.2, 0.25) is 0 Å². The second kappa shape index (κ2) is 4.94. The van der Waals surface area contributed by atoms with Gasteiger partial charge in [0.15, 0.2) is 0 Å². The van der Waals surface area contributed by atoms with E-state index in [1.807, 2.05) is 0 Å². The zero-order valence-corrected chi connectivity index (χ0v) is 9.29. The van der Waals surface area contributed by atoms with Crippen molar-refractivity contribution in [1.29, 1.82) is 0 Å². The van der Waals surface area contributed by atoms with Crippen molar-refractivity contribution in [2.75, 3.05) is 40.3 Å². The van der Waals surface area contributed by atoms with E-state index in [0.717, 1.165) is 19.7 Å². The molecule has 78 valence electrons. The van der Waals surface area contributed by atoms with Crippen LogP contribution in [-0.2, 0) is 4.74 Å². The van der Waals surface area contributed by atoms with Gasteiger partial charge in [0.05, 0.1) is 12.7 Å². The number of ether oxygens (including phenoxy) is 1. The lowest BCUT2D eigenvalue weighted by Crippen LogP contribution is -2.52. The Bertz CT molecular complexity index is 150. The second-order valence-corrected chi connectivity index (χ2v) is 4.28. The highest BCUT2D eigenvalue weighted by molar-refractivity contribution is 4.78. The number of nitrogens with zero attached hydrogens (tertiary/aromatic N) is 2. The number of hydrogen-bond acceptors (Lipinski definition) is 3. The second-order valence-electron chi connectivity index (χ2n) is 4.28. The van der Waals surface area contributed by atoms with Crippen LogP contribution < -0.4 is 0 Å². The van der Waals surface area contributed by atoms with Crippen LogP contribution in [0.15, 0.2) is 0 Å². The van der Waals surface area contributed by atoms with Crippen molar-refractivity contribution in [3.05, 3.63) is 0 Å². The van der Waals surface area contributed by atoms with Gasteiger partial charge in [-0.1, -0.05) is 0 Å². The third-order valence-corrected chi connectivity index (χ3v) is 2.60. The molecule has 13 heavy (non-hydrogen) atoms.